The highest BCUT2D eigenvalue weighted by Gasteiger charge is 2.25. The van der Waals surface area contributed by atoms with Crippen molar-refractivity contribution in [3.63, 3.8) is 0 Å². The molecule has 0 aliphatic carbocycles. The van der Waals surface area contributed by atoms with Crippen molar-refractivity contribution in [2.75, 3.05) is 31.6 Å². The number of piperidine rings is 1. The number of carbonyl (C=O) groups is 1. The topological polar surface area (TPSA) is 97.5 Å². The summed E-state index contributed by atoms with van der Waals surface area (Å²) in [6.07, 6.45) is 4.47. The van der Waals surface area contributed by atoms with Crippen LogP contribution in [-0.4, -0.2) is 57.7 Å². The molecule has 11 heteroatoms. The van der Waals surface area contributed by atoms with Crippen LogP contribution in [0.1, 0.15) is 53.3 Å². The summed E-state index contributed by atoms with van der Waals surface area (Å²) in [5.74, 6) is 0.0896. The fourth-order valence-corrected chi connectivity index (χ4v) is 3.85. The Balaban J connectivity index is 1.29. The zero-order chi connectivity index (χ0) is 24.1. The van der Waals surface area contributed by atoms with Crippen molar-refractivity contribution in [3.8, 4) is 0 Å². The zero-order valence-corrected chi connectivity index (χ0v) is 19.1. The molecule has 1 aromatic carbocycles. The Morgan fingerprint density at radius 3 is 2.65 bits per heavy atom. The molecular weight excluding hydrogens is 446 g/mol. The molecule has 2 aromatic heterocycles. The quantitative estimate of drug-likeness (QED) is 0.457. The van der Waals surface area contributed by atoms with Crippen LogP contribution in [0.3, 0.4) is 0 Å². The molecule has 0 bridgehead atoms. The number of carbonyl (C=O) groups excluding carboxylic acids is 1. The van der Waals surface area contributed by atoms with Gasteiger partial charge in [-0.3, -0.25) is 4.90 Å². The van der Waals surface area contributed by atoms with Crippen LogP contribution in [0.15, 0.2) is 35.1 Å². The number of nitrogens with zero attached hydrogens (tertiary/aromatic N) is 6. The van der Waals surface area contributed by atoms with Gasteiger partial charge in [0, 0.05) is 43.5 Å². The van der Waals surface area contributed by atoms with Gasteiger partial charge in [-0.25, -0.2) is 23.5 Å². The van der Waals surface area contributed by atoms with Crippen molar-refractivity contribution in [1.29, 1.82) is 0 Å². The van der Waals surface area contributed by atoms with E-state index in [0.717, 1.165) is 32.0 Å². The van der Waals surface area contributed by atoms with Crippen LogP contribution in [0.2, 0.25) is 0 Å². The van der Waals surface area contributed by atoms with Crippen molar-refractivity contribution in [3.05, 3.63) is 65.1 Å². The van der Waals surface area contributed by atoms with Crippen molar-refractivity contribution >= 4 is 11.9 Å². The molecule has 1 aliphatic rings. The first-order valence-corrected chi connectivity index (χ1v) is 11.1. The van der Waals surface area contributed by atoms with Crippen LogP contribution in [0.4, 0.5) is 14.7 Å². The lowest BCUT2D eigenvalue weighted by Crippen LogP contribution is -2.33. The van der Waals surface area contributed by atoms with Crippen LogP contribution >= 0.6 is 0 Å². The van der Waals surface area contributed by atoms with E-state index >= 15 is 0 Å². The van der Waals surface area contributed by atoms with Gasteiger partial charge in [-0.2, -0.15) is 4.98 Å². The first-order chi connectivity index (χ1) is 16.4. The molecule has 1 fully saturated rings. The van der Waals surface area contributed by atoms with Gasteiger partial charge in [-0.15, -0.1) is 0 Å². The standard InChI is InChI=1S/C23H26F2N6O3/c1-3-33-22(32)17-11-26-23(27-12-17)30(2)14-20-28-21(29-34-20)15-6-8-31(9-7-15)13-16-4-5-18(24)10-19(16)25/h4-5,10-12,15H,3,6-9,13-14H2,1-2H3. The van der Waals surface area contributed by atoms with E-state index in [1.54, 1.807) is 18.9 Å². The predicted molar refractivity (Wildman–Crippen MR) is 118 cm³/mol. The summed E-state index contributed by atoms with van der Waals surface area (Å²) in [4.78, 5) is 28.5. The molecule has 0 unspecified atom stereocenters. The predicted octanol–water partition coefficient (Wildman–Crippen LogP) is 3.33. The molecule has 0 saturated carbocycles. The zero-order valence-electron chi connectivity index (χ0n) is 19.1. The molecule has 0 spiro atoms. The molecule has 3 heterocycles. The third-order valence-electron chi connectivity index (χ3n) is 5.71. The SMILES string of the molecule is CCOC(=O)c1cnc(N(C)Cc2nc(C3CCN(Cc4ccc(F)cc4F)CC3)no2)nc1. The Kier molecular flexibility index (Phi) is 7.41. The molecule has 0 amide bonds. The van der Waals surface area contributed by atoms with E-state index in [-0.39, 0.29) is 18.1 Å². The van der Waals surface area contributed by atoms with E-state index in [0.29, 0.717) is 36.3 Å². The number of halogens is 2. The fraction of sp³-hybridized carbons (Fsp3) is 0.435. The summed E-state index contributed by atoms with van der Waals surface area (Å²) in [7, 11) is 1.79. The van der Waals surface area contributed by atoms with E-state index in [4.69, 9.17) is 9.26 Å². The van der Waals surface area contributed by atoms with Gasteiger partial charge in [0.1, 0.15) is 11.6 Å². The van der Waals surface area contributed by atoms with Crippen molar-refractivity contribution in [1.82, 2.24) is 25.0 Å². The van der Waals surface area contributed by atoms with E-state index in [9.17, 15) is 13.6 Å². The second-order valence-electron chi connectivity index (χ2n) is 8.18. The molecule has 180 valence electrons. The molecule has 0 N–H and O–H groups in total. The maximum absolute atomic E-state index is 13.9. The number of anilines is 1. The molecule has 4 rings (SSSR count). The van der Waals surface area contributed by atoms with Gasteiger partial charge < -0.3 is 14.2 Å². The number of rotatable bonds is 8. The number of aromatic nitrogens is 4. The van der Waals surface area contributed by atoms with E-state index in [2.05, 4.69) is 25.0 Å². The van der Waals surface area contributed by atoms with Gasteiger partial charge >= 0.3 is 5.97 Å². The summed E-state index contributed by atoms with van der Waals surface area (Å²) < 4.78 is 37.4. The van der Waals surface area contributed by atoms with E-state index < -0.39 is 17.6 Å². The Hall–Kier alpha value is -3.47. The fourth-order valence-electron chi connectivity index (χ4n) is 3.85. The van der Waals surface area contributed by atoms with Crippen LogP contribution in [-0.2, 0) is 17.8 Å². The van der Waals surface area contributed by atoms with Crippen LogP contribution in [0, 0.1) is 11.6 Å². The van der Waals surface area contributed by atoms with Crippen molar-refractivity contribution in [2.24, 2.45) is 0 Å². The maximum atomic E-state index is 13.9. The second kappa shape index (κ2) is 10.6. The molecule has 34 heavy (non-hydrogen) atoms. The lowest BCUT2D eigenvalue weighted by Gasteiger charge is -2.30. The van der Waals surface area contributed by atoms with Gasteiger partial charge in [0.05, 0.1) is 18.7 Å². The Bertz CT molecular complexity index is 1120. The largest absolute Gasteiger partial charge is 0.462 e. The third-order valence-corrected chi connectivity index (χ3v) is 5.71. The summed E-state index contributed by atoms with van der Waals surface area (Å²) >= 11 is 0. The monoisotopic (exact) mass is 472 g/mol. The molecule has 1 saturated heterocycles. The van der Waals surface area contributed by atoms with Gasteiger partial charge in [0.2, 0.25) is 11.8 Å². The number of esters is 1. The van der Waals surface area contributed by atoms with Crippen molar-refractivity contribution in [2.45, 2.75) is 38.8 Å². The minimum absolute atomic E-state index is 0.150. The van der Waals surface area contributed by atoms with Crippen molar-refractivity contribution < 1.29 is 22.8 Å². The lowest BCUT2D eigenvalue weighted by molar-refractivity contribution is 0.0525. The number of likely N-dealkylation sites (tertiary alicyclic amines) is 1. The summed E-state index contributed by atoms with van der Waals surface area (Å²) in [5.41, 5.74) is 0.773. The Morgan fingerprint density at radius 2 is 1.97 bits per heavy atom. The molecular formula is C23H26F2N6O3. The molecule has 0 radical (unpaired) electrons. The van der Waals surface area contributed by atoms with Crippen LogP contribution < -0.4 is 4.90 Å². The molecule has 3 aromatic rings. The van der Waals surface area contributed by atoms with Gasteiger partial charge in [0.15, 0.2) is 5.82 Å². The lowest BCUT2D eigenvalue weighted by atomic mass is 9.96. The number of hydrogen-bond acceptors (Lipinski definition) is 9. The highest BCUT2D eigenvalue weighted by molar-refractivity contribution is 5.88. The van der Waals surface area contributed by atoms with Gasteiger partial charge in [0.25, 0.3) is 0 Å². The second-order valence-corrected chi connectivity index (χ2v) is 8.18. The number of benzene rings is 1. The van der Waals surface area contributed by atoms with Gasteiger partial charge in [-0.05, 0) is 38.9 Å². The minimum atomic E-state index is -0.571. The summed E-state index contributed by atoms with van der Waals surface area (Å²) in [6.45, 7) is 4.28. The highest BCUT2D eigenvalue weighted by atomic mass is 19.1. The summed E-state index contributed by atoms with van der Waals surface area (Å²) in [6, 6.07) is 3.69. The highest BCUT2D eigenvalue weighted by Crippen LogP contribution is 2.27. The van der Waals surface area contributed by atoms with Crippen LogP contribution in [0.5, 0.6) is 0 Å². The minimum Gasteiger partial charge on any atom is -0.462 e. The smallest absolute Gasteiger partial charge is 0.341 e. The normalized spacial score (nSPS) is 14.8. The number of ether oxygens (including phenoxy) is 1. The average Bonchev–Trinajstić information content (AvgIpc) is 3.30. The molecule has 1 aliphatic heterocycles. The average molecular weight is 472 g/mol. The summed E-state index contributed by atoms with van der Waals surface area (Å²) in [5, 5.41) is 4.14. The van der Waals surface area contributed by atoms with Gasteiger partial charge in [-0.1, -0.05) is 11.2 Å². The Labute approximate surface area is 195 Å². The van der Waals surface area contributed by atoms with E-state index in [1.807, 2.05) is 0 Å². The maximum Gasteiger partial charge on any atom is 0.341 e. The third kappa shape index (κ3) is 5.71. The first kappa shape index (κ1) is 23.7. The van der Waals surface area contributed by atoms with E-state index in [1.165, 1.54) is 24.5 Å². The number of hydrogen-bond donors (Lipinski definition) is 0. The first-order valence-electron chi connectivity index (χ1n) is 11.1. The molecule has 9 nitrogen and oxygen atoms in total. The molecule has 0 atom stereocenters. The van der Waals surface area contributed by atoms with Crippen LogP contribution in [0.25, 0.3) is 0 Å². The Morgan fingerprint density at radius 1 is 1.24 bits per heavy atom.